The molecular weight excluding hydrogens is 530 g/mol. The van der Waals surface area contributed by atoms with Crippen molar-refractivity contribution < 1.29 is 27.5 Å². The van der Waals surface area contributed by atoms with Crippen LogP contribution in [0.3, 0.4) is 0 Å². The number of sulfonamides is 1. The quantitative estimate of drug-likeness (QED) is 0.332. The largest absolute Gasteiger partial charge is 0.493 e. The average Bonchev–Trinajstić information content (AvgIpc) is 2.98. The van der Waals surface area contributed by atoms with Crippen LogP contribution in [0.1, 0.15) is 32.8 Å². The lowest BCUT2D eigenvalue weighted by atomic mass is 10.1. The zero-order valence-electron chi connectivity index (χ0n) is 23.5. The smallest absolute Gasteiger partial charge is 0.264 e. The van der Waals surface area contributed by atoms with Gasteiger partial charge >= 0.3 is 0 Å². The maximum Gasteiger partial charge on any atom is 0.264 e. The Morgan fingerprint density at radius 2 is 1.48 bits per heavy atom. The molecule has 0 bridgehead atoms. The van der Waals surface area contributed by atoms with E-state index in [0.717, 1.165) is 16.3 Å². The Balaban J connectivity index is 2.06. The van der Waals surface area contributed by atoms with E-state index in [1.54, 1.807) is 37.3 Å². The van der Waals surface area contributed by atoms with Crippen molar-refractivity contribution in [1.29, 1.82) is 0 Å². The average molecular weight is 568 g/mol. The van der Waals surface area contributed by atoms with Gasteiger partial charge in [-0.25, -0.2) is 8.42 Å². The Morgan fingerprint density at radius 1 is 0.875 bits per heavy atom. The van der Waals surface area contributed by atoms with Gasteiger partial charge in [0.1, 0.15) is 12.6 Å². The number of rotatable bonds is 13. The summed E-state index contributed by atoms with van der Waals surface area (Å²) >= 11 is 0. The van der Waals surface area contributed by atoms with Crippen molar-refractivity contribution >= 4 is 27.5 Å². The number of ether oxygens (including phenoxy) is 2. The first-order chi connectivity index (χ1) is 19.1. The second-order valence-electron chi connectivity index (χ2n) is 9.37. The van der Waals surface area contributed by atoms with Gasteiger partial charge in [-0.1, -0.05) is 55.5 Å². The normalized spacial score (nSPS) is 12.6. The van der Waals surface area contributed by atoms with Crippen molar-refractivity contribution in [3.05, 3.63) is 84.4 Å². The van der Waals surface area contributed by atoms with Gasteiger partial charge in [0.05, 0.1) is 24.8 Å². The molecule has 2 atom stereocenters. The minimum Gasteiger partial charge on any atom is -0.493 e. The third-order valence-corrected chi connectivity index (χ3v) is 8.42. The molecule has 0 radical (unpaired) electrons. The molecule has 0 aliphatic heterocycles. The molecule has 0 saturated heterocycles. The lowest BCUT2D eigenvalue weighted by molar-refractivity contribution is -0.139. The minimum atomic E-state index is -4.18. The van der Waals surface area contributed by atoms with Crippen LogP contribution in [0.15, 0.2) is 83.8 Å². The summed E-state index contributed by atoms with van der Waals surface area (Å²) in [7, 11) is -1.25. The summed E-state index contributed by atoms with van der Waals surface area (Å²) < 4.78 is 39.5. The van der Waals surface area contributed by atoms with E-state index in [2.05, 4.69) is 5.32 Å². The van der Waals surface area contributed by atoms with Crippen molar-refractivity contribution in [2.24, 2.45) is 0 Å². The number of carbonyl (C=O) groups excluding carboxylic acids is 2. The number of hydrogen-bond donors (Lipinski definition) is 1. The molecule has 214 valence electrons. The third-order valence-electron chi connectivity index (χ3n) is 6.63. The molecule has 3 aromatic carbocycles. The predicted octanol–water partition coefficient (Wildman–Crippen LogP) is 4.23. The zero-order chi connectivity index (χ0) is 29.3. The lowest BCUT2D eigenvalue weighted by Crippen LogP contribution is -2.52. The minimum absolute atomic E-state index is 0.0229. The number of carbonyl (C=O) groups is 2. The van der Waals surface area contributed by atoms with E-state index in [0.29, 0.717) is 11.5 Å². The summed E-state index contributed by atoms with van der Waals surface area (Å²) in [5.74, 6) is -0.133. The maximum atomic E-state index is 14.0. The highest BCUT2D eigenvalue weighted by atomic mass is 32.2. The fraction of sp³-hybridized carbons (Fsp3) is 0.333. The third kappa shape index (κ3) is 7.32. The van der Waals surface area contributed by atoms with Crippen LogP contribution in [0.5, 0.6) is 11.5 Å². The second kappa shape index (κ2) is 13.8. The van der Waals surface area contributed by atoms with Crippen LogP contribution in [0.2, 0.25) is 0 Å². The predicted molar refractivity (Wildman–Crippen MR) is 155 cm³/mol. The fourth-order valence-corrected chi connectivity index (χ4v) is 5.48. The monoisotopic (exact) mass is 567 g/mol. The number of amides is 2. The summed E-state index contributed by atoms with van der Waals surface area (Å²) in [5, 5.41) is 2.92. The van der Waals surface area contributed by atoms with Gasteiger partial charge in [-0.3, -0.25) is 13.9 Å². The van der Waals surface area contributed by atoms with Crippen molar-refractivity contribution in [2.45, 2.75) is 50.7 Å². The number of nitrogens with zero attached hydrogens (tertiary/aromatic N) is 2. The van der Waals surface area contributed by atoms with Crippen LogP contribution >= 0.6 is 0 Å². The van der Waals surface area contributed by atoms with Gasteiger partial charge in [-0.05, 0) is 50.1 Å². The first-order valence-corrected chi connectivity index (χ1v) is 14.5. The molecule has 3 aromatic rings. The Kier molecular flexibility index (Phi) is 10.6. The second-order valence-corrected chi connectivity index (χ2v) is 11.2. The number of anilines is 1. The van der Waals surface area contributed by atoms with Crippen LogP contribution in [0, 0.1) is 0 Å². The Bertz CT molecular complexity index is 1380. The van der Waals surface area contributed by atoms with Crippen molar-refractivity contribution in [2.75, 3.05) is 25.1 Å². The van der Waals surface area contributed by atoms with Crippen LogP contribution in [0.25, 0.3) is 0 Å². The topological polar surface area (TPSA) is 105 Å². The molecule has 0 heterocycles. The number of methoxy groups -OCH3 is 2. The molecule has 0 unspecified atom stereocenters. The Labute approximate surface area is 236 Å². The van der Waals surface area contributed by atoms with Gasteiger partial charge < -0.3 is 19.7 Å². The molecule has 9 nitrogen and oxygen atoms in total. The number of nitrogens with one attached hydrogen (secondary N) is 1. The van der Waals surface area contributed by atoms with E-state index in [1.807, 2.05) is 44.2 Å². The molecule has 1 N–H and O–H groups in total. The summed E-state index contributed by atoms with van der Waals surface area (Å²) in [6.07, 6.45) is 0.730. The Hall–Kier alpha value is -4.05. The van der Waals surface area contributed by atoms with Gasteiger partial charge in [-0.2, -0.15) is 0 Å². The molecule has 0 saturated carbocycles. The van der Waals surface area contributed by atoms with Crippen LogP contribution in [-0.4, -0.2) is 58.0 Å². The molecule has 10 heteroatoms. The number of benzene rings is 3. The standard InChI is InChI=1S/C30H37N3O6S/c1-6-22(2)31-30(35)23(3)32(20-24-13-9-7-10-14-24)29(34)21-33(40(36,37)26-15-11-8-12-16-26)25-17-18-27(38-4)28(19-25)39-5/h7-19,22-23H,6,20-21H2,1-5H3,(H,31,35)/t22-,23+/m0/s1. The maximum absolute atomic E-state index is 14.0. The van der Waals surface area contributed by atoms with E-state index < -0.39 is 28.5 Å². The van der Waals surface area contributed by atoms with Crippen LogP contribution in [0.4, 0.5) is 5.69 Å². The van der Waals surface area contributed by atoms with Gasteiger partial charge in [0.2, 0.25) is 11.8 Å². The fourth-order valence-electron chi connectivity index (χ4n) is 4.06. The highest BCUT2D eigenvalue weighted by Crippen LogP contribution is 2.34. The molecule has 0 spiro atoms. The summed E-state index contributed by atoms with van der Waals surface area (Å²) in [4.78, 5) is 28.5. The molecule has 2 amide bonds. The van der Waals surface area contributed by atoms with Crippen molar-refractivity contribution in [3.63, 3.8) is 0 Å². The van der Waals surface area contributed by atoms with Gasteiger partial charge in [0.15, 0.2) is 11.5 Å². The van der Waals surface area contributed by atoms with Crippen molar-refractivity contribution in [1.82, 2.24) is 10.2 Å². The van der Waals surface area contributed by atoms with Gasteiger partial charge in [0.25, 0.3) is 10.0 Å². The number of hydrogen-bond acceptors (Lipinski definition) is 6. The Morgan fingerprint density at radius 3 is 2.05 bits per heavy atom. The van der Waals surface area contributed by atoms with Crippen LogP contribution in [-0.2, 0) is 26.2 Å². The highest BCUT2D eigenvalue weighted by molar-refractivity contribution is 7.92. The lowest BCUT2D eigenvalue weighted by Gasteiger charge is -2.32. The molecule has 0 fully saturated rings. The molecule has 40 heavy (non-hydrogen) atoms. The van der Waals surface area contributed by atoms with E-state index in [1.165, 1.54) is 37.3 Å². The van der Waals surface area contributed by atoms with Gasteiger partial charge in [0, 0.05) is 18.7 Å². The SMILES string of the molecule is CC[C@H](C)NC(=O)[C@@H](C)N(Cc1ccccc1)C(=O)CN(c1ccc(OC)c(OC)c1)S(=O)(=O)c1ccccc1. The van der Waals surface area contributed by atoms with E-state index in [-0.39, 0.29) is 29.1 Å². The van der Waals surface area contributed by atoms with E-state index in [9.17, 15) is 18.0 Å². The molecular formula is C30H37N3O6S. The molecule has 0 aliphatic rings. The van der Waals surface area contributed by atoms with Crippen LogP contribution < -0.4 is 19.1 Å². The molecule has 0 aromatic heterocycles. The summed E-state index contributed by atoms with van der Waals surface area (Å²) in [5.41, 5.74) is 1.02. The zero-order valence-corrected chi connectivity index (χ0v) is 24.4. The van der Waals surface area contributed by atoms with Crippen molar-refractivity contribution in [3.8, 4) is 11.5 Å². The van der Waals surface area contributed by atoms with E-state index in [4.69, 9.17) is 9.47 Å². The first kappa shape index (κ1) is 30.5. The summed E-state index contributed by atoms with van der Waals surface area (Å²) in [6.45, 7) is 5.07. The highest BCUT2D eigenvalue weighted by Gasteiger charge is 2.33. The first-order valence-electron chi connectivity index (χ1n) is 13.1. The summed E-state index contributed by atoms with van der Waals surface area (Å²) in [6, 6.07) is 20.8. The molecule has 3 rings (SSSR count). The van der Waals surface area contributed by atoms with E-state index >= 15 is 0 Å². The van der Waals surface area contributed by atoms with Gasteiger partial charge in [-0.15, -0.1) is 0 Å². The molecule has 0 aliphatic carbocycles.